The van der Waals surface area contributed by atoms with Gasteiger partial charge in [0.1, 0.15) is 17.3 Å². The van der Waals surface area contributed by atoms with Crippen LogP contribution in [0.5, 0.6) is 11.5 Å². The van der Waals surface area contributed by atoms with Gasteiger partial charge in [0, 0.05) is 12.5 Å². The zero-order chi connectivity index (χ0) is 17.8. The van der Waals surface area contributed by atoms with Crippen molar-refractivity contribution in [3.05, 3.63) is 53.8 Å². The molecule has 0 aromatic heterocycles. The van der Waals surface area contributed by atoms with E-state index in [4.69, 9.17) is 14.3 Å². The molecule has 0 bridgehead atoms. The second kappa shape index (κ2) is 7.21. The summed E-state index contributed by atoms with van der Waals surface area (Å²) in [7, 11) is 3.05. The van der Waals surface area contributed by atoms with E-state index in [0.29, 0.717) is 29.3 Å². The molecule has 25 heavy (non-hydrogen) atoms. The van der Waals surface area contributed by atoms with Crippen molar-refractivity contribution in [3.8, 4) is 11.5 Å². The molecule has 2 aromatic rings. The summed E-state index contributed by atoms with van der Waals surface area (Å²) in [5.74, 6) is 0.411. The minimum Gasteiger partial charge on any atom is -0.497 e. The fraction of sp³-hybridized carbons (Fsp3) is 0.222. The number of halogens is 1. The standard InChI is InChI=1S/C18H17FN2O4/c1-23-13-7-8-16(24-2)15(9-13)20-18(22)17-10-14(21-25-17)11-3-5-12(19)6-4-11/h3-9,17H,10H2,1-2H3,(H,20,22)/t17-/m1/s1. The normalized spacial score (nSPS) is 16.0. The number of hydrogen-bond acceptors (Lipinski definition) is 5. The minimum absolute atomic E-state index is 0.295. The zero-order valence-electron chi connectivity index (χ0n) is 13.8. The number of rotatable bonds is 5. The number of hydrogen-bond donors (Lipinski definition) is 1. The average Bonchev–Trinajstić information content (AvgIpc) is 3.12. The fourth-order valence-corrected chi connectivity index (χ4v) is 2.46. The molecule has 0 spiro atoms. The van der Waals surface area contributed by atoms with Crippen LogP contribution < -0.4 is 14.8 Å². The van der Waals surface area contributed by atoms with Crippen LogP contribution in [-0.4, -0.2) is 31.9 Å². The van der Waals surface area contributed by atoms with Gasteiger partial charge in [-0.3, -0.25) is 4.79 Å². The molecule has 130 valence electrons. The number of anilines is 1. The van der Waals surface area contributed by atoms with E-state index in [9.17, 15) is 9.18 Å². The first-order valence-electron chi connectivity index (χ1n) is 7.62. The van der Waals surface area contributed by atoms with Crippen molar-refractivity contribution in [1.82, 2.24) is 0 Å². The number of carbonyl (C=O) groups excluding carboxylic acids is 1. The summed E-state index contributed by atoms with van der Waals surface area (Å²) in [5.41, 5.74) is 1.79. The molecular weight excluding hydrogens is 327 g/mol. The van der Waals surface area contributed by atoms with Gasteiger partial charge in [0.2, 0.25) is 6.10 Å². The second-order valence-corrected chi connectivity index (χ2v) is 5.40. The molecule has 0 fully saturated rings. The van der Waals surface area contributed by atoms with Crippen molar-refractivity contribution in [2.45, 2.75) is 12.5 Å². The summed E-state index contributed by atoms with van der Waals surface area (Å²) in [4.78, 5) is 17.7. The van der Waals surface area contributed by atoms with Crippen LogP contribution in [0, 0.1) is 5.82 Å². The van der Waals surface area contributed by atoms with Gasteiger partial charge < -0.3 is 19.6 Å². The number of oxime groups is 1. The van der Waals surface area contributed by atoms with Gasteiger partial charge in [0.05, 0.1) is 25.6 Å². The number of amides is 1. The summed E-state index contributed by atoms with van der Waals surface area (Å²) in [6.45, 7) is 0. The number of carbonyl (C=O) groups is 1. The third-order valence-electron chi connectivity index (χ3n) is 3.80. The molecule has 0 unspecified atom stereocenters. The molecule has 1 heterocycles. The number of benzene rings is 2. The molecule has 0 radical (unpaired) electrons. The quantitative estimate of drug-likeness (QED) is 0.905. The first-order chi connectivity index (χ1) is 12.1. The van der Waals surface area contributed by atoms with Crippen LogP contribution in [0.2, 0.25) is 0 Å². The lowest BCUT2D eigenvalue weighted by molar-refractivity contribution is -0.125. The van der Waals surface area contributed by atoms with E-state index < -0.39 is 6.10 Å². The second-order valence-electron chi connectivity index (χ2n) is 5.40. The summed E-state index contributed by atoms with van der Waals surface area (Å²) < 4.78 is 23.4. The Bertz CT molecular complexity index is 805. The van der Waals surface area contributed by atoms with Gasteiger partial charge >= 0.3 is 0 Å². The fourth-order valence-electron chi connectivity index (χ4n) is 2.46. The summed E-state index contributed by atoms with van der Waals surface area (Å²) in [6, 6.07) is 11.0. The Morgan fingerprint density at radius 3 is 2.64 bits per heavy atom. The molecule has 0 aliphatic carbocycles. The molecule has 1 amide bonds. The van der Waals surface area contributed by atoms with Crippen molar-refractivity contribution in [2.24, 2.45) is 5.16 Å². The monoisotopic (exact) mass is 344 g/mol. The molecule has 6 nitrogen and oxygen atoms in total. The van der Waals surface area contributed by atoms with Crippen LogP contribution >= 0.6 is 0 Å². The van der Waals surface area contributed by atoms with E-state index in [2.05, 4.69) is 10.5 Å². The molecule has 1 atom stereocenters. The Balaban J connectivity index is 1.68. The Morgan fingerprint density at radius 1 is 1.20 bits per heavy atom. The first-order valence-corrected chi connectivity index (χ1v) is 7.62. The van der Waals surface area contributed by atoms with E-state index in [1.807, 2.05) is 0 Å². The maximum Gasteiger partial charge on any atom is 0.268 e. The highest BCUT2D eigenvalue weighted by Crippen LogP contribution is 2.29. The van der Waals surface area contributed by atoms with Crippen LogP contribution in [0.25, 0.3) is 0 Å². The van der Waals surface area contributed by atoms with Gasteiger partial charge in [-0.15, -0.1) is 0 Å². The molecule has 0 saturated heterocycles. The van der Waals surface area contributed by atoms with E-state index in [-0.39, 0.29) is 11.7 Å². The predicted octanol–water partition coefficient (Wildman–Crippen LogP) is 2.97. The Morgan fingerprint density at radius 2 is 1.96 bits per heavy atom. The minimum atomic E-state index is -0.768. The van der Waals surface area contributed by atoms with Crippen molar-refractivity contribution < 1.29 is 23.5 Å². The molecule has 3 rings (SSSR count). The molecule has 2 aromatic carbocycles. The molecule has 7 heteroatoms. The maximum absolute atomic E-state index is 13.0. The average molecular weight is 344 g/mol. The first kappa shape index (κ1) is 16.8. The van der Waals surface area contributed by atoms with Crippen LogP contribution in [0.15, 0.2) is 47.6 Å². The summed E-state index contributed by atoms with van der Waals surface area (Å²) in [6.07, 6.45) is -0.472. The van der Waals surface area contributed by atoms with Crippen LogP contribution in [0.4, 0.5) is 10.1 Å². The number of nitrogens with zero attached hydrogens (tertiary/aromatic N) is 1. The smallest absolute Gasteiger partial charge is 0.268 e. The predicted molar refractivity (Wildman–Crippen MR) is 90.6 cm³/mol. The van der Waals surface area contributed by atoms with Gasteiger partial charge in [-0.05, 0) is 29.8 Å². The van der Waals surface area contributed by atoms with E-state index in [0.717, 1.165) is 5.56 Å². The lowest BCUT2D eigenvalue weighted by Gasteiger charge is -2.13. The molecule has 1 aliphatic heterocycles. The van der Waals surface area contributed by atoms with Crippen molar-refractivity contribution in [1.29, 1.82) is 0 Å². The lowest BCUT2D eigenvalue weighted by atomic mass is 10.0. The number of methoxy groups -OCH3 is 2. The van der Waals surface area contributed by atoms with Gasteiger partial charge in [-0.1, -0.05) is 17.3 Å². The van der Waals surface area contributed by atoms with Crippen molar-refractivity contribution in [3.63, 3.8) is 0 Å². The number of nitrogens with one attached hydrogen (secondary N) is 1. The summed E-state index contributed by atoms with van der Waals surface area (Å²) in [5, 5.41) is 6.69. The van der Waals surface area contributed by atoms with Crippen molar-refractivity contribution >= 4 is 17.3 Å². The highest BCUT2D eigenvalue weighted by Gasteiger charge is 2.29. The third-order valence-corrected chi connectivity index (χ3v) is 3.80. The molecule has 1 N–H and O–H groups in total. The lowest BCUT2D eigenvalue weighted by Crippen LogP contribution is -2.28. The van der Waals surface area contributed by atoms with Gasteiger partial charge in [-0.25, -0.2) is 4.39 Å². The van der Waals surface area contributed by atoms with Gasteiger partial charge in [0.25, 0.3) is 5.91 Å². The van der Waals surface area contributed by atoms with E-state index in [1.54, 1.807) is 30.3 Å². The highest BCUT2D eigenvalue weighted by molar-refractivity contribution is 6.06. The van der Waals surface area contributed by atoms with Crippen LogP contribution in [0.3, 0.4) is 0 Å². The zero-order valence-corrected chi connectivity index (χ0v) is 13.8. The Hall–Kier alpha value is -3.09. The Kier molecular flexibility index (Phi) is 4.83. The third kappa shape index (κ3) is 3.71. The maximum atomic E-state index is 13.0. The van der Waals surface area contributed by atoms with Gasteiger partial charge in [0.15, 0.2) is 0 Å². The largest absolute Gasteiger partial charge is 0.497 e. The Labute approximate surface area is 144 Å². The van der Waals surface area contributed by atoms with E-state index in [1.165, 1.54) is 26.4 Å². The molecule has 1 aliphatic rings. The van der Waals surface area contributed by atoms with Gasteiger partial charge in [-0.2, -0.15) is 0 Å². The summed E-state index contributed by atoms with van der Waals surface area (Å²) >= 11 is 0. The van der Waals surface area contributed by atoms with Crippen LogP contribution in [-0.2, 0) is 9.63 Å². The SMILES string of the molecule is COc1ccc(OC)c(NC(=O)[C@H]2CC(c3ccc(F)cc3)=NO2)c1. The van der Waals surface area contributed by atoms with Crippen LogP contribution in [0.1, 0.15) is 12.0 Å². The topological polar surface area (TPSA) is 69.2 Å². The van der Waals surface area contributed by atoms with E-state index >= 15 is 0 Å². The van der Waals surface area contributed by atoms with Crippen molar-refractivity contribution in [2.75, 3.05) is 19.5 Å². The number of ether oxygens (including phenoxy) is 2. The highest BCUT2D eigenvalue weighted by atomic mass is 19.1. The molecular formula is C18H17FN2O4. The molecule has 0 saturated carbocycles.